The van der Waals surface area contributed by atoms with Crippen LogP contribution in [0, 0.1) is 0 Å². The Balaban J connectivity index is 1.67. The molecule has 0 aliphatic carbocycles. The van der Waals surface area contributed by atoms with Gasteiger partial charge in [0.2, 0.25) is 0 Å². The number of fused-ring (bicyclic) bond motifs is 1. The molecule has 1 aliphatic heterocycles. The second-order valence-corrected chi connectivity index (χ2v) is 6.89. The Morgan fingerprint density at radius 3 is 2.95 bits per heavy atom. The smallest absolute Gasteiger partial charge is 0.338 e. The number of ether oxygens (including phenoxy) is 1. The van der Waals surface area contributed by atoms with Crippen molar-refractivity contribution in [1.82, 2.24) is 0 Å². The van der Waals surface area contributed by atoms with Crippen molar-refractivity contribution in [3.63, 3.8) is 0 Å². The molecule has 3 nitrogen and oxygen atoms in total. The molecule has 21 heavy (non-hydrogen) atoms. The number of nitrogens with two attached hydrogens (primary N) is 1. The third-order valence-corrected chi connectivity index (χ3v) is 5.08. The van der Waals surface area contributed by atoms with Crippen molar-refractivity contribution in [1.29, 1.82) is 0 Å². The molecule has 0 radical (unpaired) electrons. The highest BCUT2D eigenvalue weighted by atomic mass is 79.9. The van der Waals surface area contributed by atoms with E-state index in [1.807, 2.05) is 23.9 Å². The zero-order valence-corrected chi connectivity index (χ0v) is 13.6. The number of hydrogen-bond donors (Lipinski definition) is 1. The van der Waals surface area contributed by atoms with Crippen molar-refractivity contribution >= 4 is 39.3 Å². The molecule has 1 unspecified atom stereocenters. The number of halogens is 1. The van der Waals surface area contributed by atoms with Gasteiger partial charge in [-0.1, -0.05) is 34.1 Å². The fourth-order valence-electron chi connectivity index (χ4n) is 2.36. The molecular formula is C16H14BrNO2S. The van der Waals surface area contributed by atoms with Gasteiger partial charge in [-0.05, 0) is 29.8 Å². The van der Waals surface area contributed by atoms with E-state index in [0.29, 0.717) is 17.9 Å². The minimum absolute atomic E-state index is 0.264. The predicted molar refractivity (Wildman–Crippen MR) is 88.7 cm³/mol. The van der Waals surface area contributed by atoms with E-state index in [1.54, 1.807) is 18.2 Å². The number of carbonyl (C=O) groups excluding carboxylic acids is 1. The molecule has 0 spiro atoms. The summed E-state index contributed by atoms with van der Waals surface area (Å²) in [7, 11) is 0. The molecule has 0 saturated heterocycles. The van der Waals surface area contributed by atoms with Crippen LogP contribution in [0.3, 0.4) is 0 Å². The number of benzene rings is 2. The van der Waals surface area contributed by atoms with Crippen molar-refractivity contribution < 1.29 is 9.53 Å². The SMILES string of the molecule is Nc1cc(Br)cc(C(=O)OCC2CSc3ccccc32)c1. The molecule has 1 atom stereocenters. The highest BCUT2D eigenvalue weighted by Crippen LogP contribution is 2.39. The molecule has 0 amide bonds. The van der Waals surface area contributed by atoms with E-state index in [2.05, 4.69) is 28.1 Å². The summed E-state index contributed by atoms with van der Waals surface area (Å²) >= 11 is 5.14. The van der Waals surface area contributed by atoms with Crippen molar-refractivity contribution in [2.24, 2.45) is 0 Å². The number of rotatable bonds is 3. The standard InChI is InChI=1S/C16H14BrNO2S/c17-12-5-10(6-13(18)7-12)16(19)20-8-11-9-21-15-4-2-1-3-14(11)15/h1-7,11H,8-9,18H2. The number of nitrogen functional groups attached to an aromatic ring is 1. The second-order valence-electron chi connectivity index (χ2n) is 4.92. The summed E-state index contributed by atoms with van der Waals surface area (Å²) in [5.41, 5.74) is 8.02. The lowest BCUT2D eigenvalue weighted by atomic mass is 10.0. The van der Waals surface area contributed by atoms with Crippen LogP contribution >= 0.6 is 27.7 Å². The lowest BCUT2D eigenvalue weighted by molar-refractivity contribution is 0.0487. The van der Waals surface area contributed by atoms with E-state index in [9.17, 15) is 4.79 Å². The Hall–Kier alpha value is -1.46. The van der Waals surface area contributed by atoms with Crippen LogP contribution in [0.15, 0.2) is 51.8 Å². The Kier molecular flexibility index (Phi) is 4.22. The van der Waals surface area contributed by atoms with E-state index in [0.717, 1.165) is 10.2 Å². The van der Waals surface area contributed by atoms with Crippen molar-refractivity contribution in [3.8, 4) is 0 Å². The van der Waals surface area contributed by atoms with Crippen LogP contribution in [0.5, 0.6) is 0 Å². The van der Waals surface area contributed by atoms with Crippen molar-refractivity contribution in [3.05, 3.63) is 58.1 Å². The summed E-state index contributed by atoms with van der Waals surface area (Å²) in [6, 6.07) is 13.4. The molecule has 1 aliphatic rings. The predicted octanol–water partition coefficient (Wildman–Crippen LogP) is 4.08. The second kappa shape index (κ2) is 6.12. The first kappa shape index (κ1) is 14.5. The number of thioether (sulfide) groups is 1. The number of carbonyl (C=O) groups is 1. The number of esters is 1. The molecular weight excluding hydrogens is 350 g/mol. The van der Waals surface area contributed by atoms with Gasteiger partial charge in [0.15, 0.2) is 0 Å². The van der Waals surface area contributed by atoms with Gasteiger partial charge in [-0.3, -0.25) is 0 Å². The van der Waals surface area contributed by atoms with Crippen LogP contribution in [-0.2, 0) is 4.74 Å². The van der Waals surface area contributed by atoms with Crippen LogP contribution in [0.25, 0.3) is 0 Å². The number of anilines is 1. The number of hydrogen-bond acceptors (Lipinski definition) is 4. The molecule has 108 valence electrons. The fraction of sp³-hybridized carbons (Fsp3) is 0.188. The van der Waals surface area contributed by atoms with Gasteiger partial charge >= 0.3 is 5.97 Å². The van der Waals surface area contributed by atoms with E-state index in [1.165, 1.54) is 10.5 Å². The maximum absolute atomic E-state index is 12.1. The molecule has 1 heterocycles. The first-order valence-corrected chi connectivity index (χ1v) is 8.36. The van der Waals surface area contributed by atoms with Gasteiger partial charge in [0.05, 0.1) is 12.2 Å². The van der Waals surface area contributed by atoms with E-state index >= 15 is 0 Å². The van der Waals surface area contributed by atoms with Crippen molar-refractivity contribution in [2.45, 2.75) is 10.8 Å². The van der Waals surface area contributed by atoms with E-state index in [4.69, 9.17) is 10.5 Å². The van der Waals surface area contributed by atoms with Gasteiger partial charge in [-0.25, -0.2) is 4.79 Å². The first-order chi connectivity index (χ1) is 10.1. The summed E-state index contributed by atoms with van der Waals surface area (Å²) in [6.07, 6.45) is 0. The van der Waals surface area contributed by atoms with Crippen LogP contribution < -0.4 is 5.73 Å². The Labute approximate surface area is 136 Å². The molecule has 0 saturated carbocycles. The van der Waals surface area contributed by atoms with Crippen LogP contribution in [-0.4, -0.2) is 18.3 Å². The van der Waals surface area contributed by atoms with E-state index < -0.39 is 0 Å². The van der Waals surface area contributed by atoms with Gasteiger partial charge in [-0.15, -0.1) is 11.8 Å². The Morgan fingerprint density at radius 2 is 2.14 bits per heavy atom. The highest BCUT2D eigenvalue weighted by molar-refractivity contribution is 9.10. The van der Waals surface area contributed by atoms with Gasteiger partial charge in [0, 0.05) is 26.7 Å². The first-order valence-electron chi connectivity index (χ1n) is 6.58. The molecule has 2 N–H and O–H groups in total. The molecule has 3 rings (SSSR count). The summed E-state index contributed by atoms with van der Waals surface area (Å²) in [5.74, 6) is 0.879. The summed E-state index contributed by atoms with van der Waals surface area (Å²) in [6.45, 7) is 0.398. The summed E-state index contributed by atoms with van der Waals surface area (Å²) < 4.78 is 6.22. The average Bonchev–Trinajstić information content (AvgIpc) is 2.87. The van der Waals surface area contributed by atoms with Gasteiger partial charge in [0.1, 0.15) is 0 Å². The lowest BCUT2D eigenvalue weighted by Crippen LogP contribution is -2.13. The monoisotopic (exact) mass is 363 g/mol. The molecule has 0 aromatic heterocycles. The fourth-order valence-corrected chi connectivity index (χ4v) is 4.10. The largest absolute Gasteiger partial charge is 0.461 e. The molecule has 5 heteroatoms. The summed E-state index contributed by atoms with van der Waals surface area (Å²) in [4.78, 5) is 13.4. The molecule has 0 bridgehead atoms. The minimum Gasteiger partial charge on any atom is -0.461 e. The van der Waals surface area contributed by atoms with E-state index in [-0.39, 0.29) is 11.9 Å². The minimum atomic E-state index is -0.336. The maximum atomic E-state index is 12.1. The Bertz CT molecular complexity index is 669. The molecule has 2 aromatic rings. The third-order valence-electron chi connectivity index (χ3n) is 3.37. The zero-order chi connectivity index (χ0) is 14.8. The van der Waals surface area contributed by atoms with Crippen LogP contribution in [0.2, 0.25) is 0 Å². The molecule has 0 fully saturated rings. The normalized spacial score (nSPS) is 16.5. The van der Waals surface area contributed by atoms with Gasteiger partial charge in [-0.2, -0.15) is 0 Å². The van der Waals surface area contributed by atoms with Crippen molar-refractivity contribution in [2.75, 3.05) is 18.1 Å². The maximum Gasteiger partial charge on any atom is 0.338 e. The lowest BCUT2D eigenvalue weighted by Gasteiger charge is -2.12. The quantitative estimate of drug-likeness (QED) is 0.659. The van der Waals surface area contributed by atoms with Crippen LogP contribution in [0.1, 0.15) is 21.8 Å². The van der Waals surface area contributed by atoms with Crippen LogP contribution in [0.4, 0.5) is 5.69 Å². The zero-order valence-electron chi connectivity index (χ0n) is 11.2. The topological polar surface area (TPSA) is 52.3 Å². The highest BCUT2D eigenvalue weighted by Gasteiger charge is 2.24. The van der Waals surface area contributed by atoms with Gasteiger partial charge < -0.3 is 10.5 Å². The third kappa shape index (κ3) is 3.24. The molecule has 2 aromatic carbocycles. The van der Waals surface area contributed by atoms with Gasteiger partial charge in [0.25, 0.3) is 0 Å². The Morgan fingerprint density at radius 1 is 1.33 bits per heavy atom. The average molecular weight is 364 g/mol. The summed E-state index contributed by atoms with van der Waals surface area (Å²) in [5, 5.41) is 0.